The van der Waals surface area contributed by atoms with E-state index >= 15 is 0 Å². The van der Waals surface area contributed by atoms with Gasteiger partial charge in [0.15, 0.2) is 0 Å². The summed E-state index contributed by atoms with van der Waals surface area (Å²) in [5, 5.41) is 3.84. The van der Waals surface area contributed by atoms with E-state index in [2.05, 4.69) is 9.82 Å². The molecule has 1 aromatic heterocycles. The molecule has 0 bridgehead atoms. The van der Waals surface area contributed by atoms with E-state index in [1.165, 1.54) is 42.6 Å². The lowest BCUT2D eigenvalue weighted by molar-refractivity contribution is 0.0526. The molecule has 128 valence electrons. The predicted octanol–water partition coefficient (Wildman–Crippen LogP) is 0.398. The van der Waals surface area contributed by atoms with Crippen molar-refractivity contribution in [3.05, 3.63) is 58.5 Å². The summed E-state index contributed by atoms with van der Waals surface area (Å²) in [6.45, 7) is 2.06. The SMILES string of the molecule is CCOC(=O)c1ccc(S(=O)(=O)NCCn2ncccc2=O)cc1. The molecular weight excluding hydrogens is 334 g/mol. The molecule has 0 saturated carbocycles. The molecule has 2 rings (SSSR count). The second-order valence-corrected chi connectivity index (χ2v) is 6.49. The topological polar surface area (TPSA) is 107 Å². The van der Waals surface area contributed by atoms with Crippen LogP contribution in [0.25, 0.3) is 0 Å². The van der Waals surface area contributed by atoms with Crippen LogP contribution in [0.15, 0.2) is 52.3 Å². The van der Waals surface area contributed by atoms with Crippen LogP contribution in [0.5, 0.6) is 0 Å². The first-order valence-electron chi connectivity index (χ1n) is 7.23. The summed E-state index contributed by atoms with van der Waals surface area (Å²) in [6.07, 6.45) is 1.45. The van der Waals surface area contributed by atoms with Crippen LogP contribution in [0.2, 0.25) is 0 Å². The zero-order valence-electron chi connectivity index (χ0n) is 13.0. The van der Waals surface area contributed by atoms with E-state index in [9.17, 15) is 18.0 Å². The van der Waals surface area contributed by atoms with Crippen LogP contribution in [0.1, 0.15) is 17.3 Å². The Bertz CT molecular complexity index is 859. The monoisotopic (exact) mass is 351 g/mol. The van der Waals surface area contributed by atoms with Crippen LogP contribution in [0.4, 0.5) is 0 Å². The fourth-order valence-corrected chi connectivity index (χ4v) is 2.93. The Balaban J connectivity index is 2.01. The summed E-state index contributed by atoms with van der Waals surface area (Å²) in [5.41, 5.74) is -0.0358. The van der Waals surface area contributed by atoms with Crippen molar-refractivity contribution in [1.82, 2.24) is 14.5 Å². The van der Waals surface area contributed by atoms with Gasteiger partial charge in [-0.05, 0) is 37.3 Å². The Labute approximate surface area is 139 Å². The first kappa shape index (κ1) is 17.8. The third-order valence-electron chi connectivity index (χ3n) is 3.08. The highest BCUT2D eigenvalue weighted by Crippen LogP contribution is 2.11. The Morgan fingerprint density at radius 2 is 1.96 bits per heavy atom. The second-order valence-electron chi connectivity index (χ2n) is 4.73. The highest BCUT2D eigenvalue weighted by Gasteiger charge is 2.15. The molecule has 0 fully saturated rings. The molecular formula is C15H17N3O5S. The Hall–Kier alpha value is -2.52. The summed E-state index contributed by atoms with van der Waals surface area (Å²) >= 11 is 0. The van der Waals surface area contributed by atoms with Crippen molar-refractivity contribution in [3.63, 3.8) is 0 Å². The standard InChI is InChI=1S/C15H17N3O5S/c1-2-23-15(20)12-5-7-13(8-6-12)24(21,22)17-10-11-18-14(19)4-3-9-16-18/h3-9,17H,2,10-11H2,1H3. The van der Waals surface area contributed by atoms with Gasteiger partial charge in [-0.25, -0.2) is 22.6 Å². The second kappa shape index (κ2) is 7.84. The molecule has 0 unspecified atom stereocenters. The minimum atomic E-state index is -3.74. The van der Waals surface area contributed by atoms with Gasteiger partial charge in [0.2, 0.25) is 10.0 Å². The van der Waals surface area contributed by atoms with Crippen molar-refractivity contribution in [2.75, 3.05) is 13.2 Å². The molecule has 0 spiro atoms. The first-order chi connectivity index (χ1) is 11.4. The normalized spacial score (nSPS) is 11.2. The third kappa shape index (κ3) is 4.49. The molecule has 1 heterocycles. The van der Waals surface area contributed by atoms with Crippen LogP contribution >= 0.6 is 0 Å². The van der Waals surface area contributed by atoms with E-state index in [4.69, 9.17) is 4.74 Å². The van der Waals surface area contributed by atoms with Crippen molar-refractivity contribution in [2.24, 2.45) is 0 Å². The lowest BCUT2D eigenvalue weighted by Crippen LogP contribution is -2.31. The summed E-state index contributed by atoms with van der Waals surface area (Å²) in [7, 11) is -3.74. The zero-order chi connectivity index (χ0) is 17.6. The molecule has 9 heteroatoms. The van der Waals surface area contributed by atoms with E-state index < -0.39 is 16.0 Å². The maximum atomic E-state index is 12.2. The first-order valence-corrected chi connectivity index (χ1v) is 8.71. The lowest BCUT2D eigenvalue weighted by Gasteiger charge is -2.08. The maximum absolute atomic E-state index is 12.2. The zero-order valence-corrected chi connectivity index (χ0v) is 13.8. The number of carbonyl (C=O) groups excluding carboxylic acids is 1. The summed E-state index contributed by atoms with van der Waals surface area (Å²) in [4.78, 5) is 23.0. The van der Waals surface area contributed by atoms with E-state index in [-0.39, 0.29) is 35.7 Å². The van der Waals surface area contributed by atoms with Gasteiger partial charge in [0, 0.05) is 18.8 Å². The Kier molecular flexibility index (Phi) is 5.83. The van der Waals surface area contributed by atoms with Crippen molar-refractivity contribution >= 4 is 16.0 Å². The fourth-order valence-electron chi connectivity index (χ4n) is 1.91. The number of nitrogens with zero attached hydrogens (tertiary/aromatic N) is 2. The van der Waals surface area contributed by atoms with Gasteiger partial charge in [-0.1, -0.05) is 0 Å². The lowest BCUT2D eigenvalue weighted by atomic mass is 10.2. The van der Waals surface area contributed by atoms with Gasteiger partial charge in [-0.2, -0.15) is 5.10 Å². The molecule has 0 saturated heterocycles. The smallest absolute Gasteiger partial charge is 0.338 e. The summed E-state index contributed by atoms with van der Waals surface area (Å²) in [6, 6.07) is 8.26. The molecule has 1 aromatic carbocycles. The minimum absolute atomic E-state index is 0.0128. The van der Waals surface area contributed by atoms with E-state index in [1.807, 2.05) is 0 Å². The highest BCUT2D eigenvalue weighted by atomic mass is 32.2. The molecule has 0 amide bonds. The number of sulfonamides is 1. The number of benzene rings is 1. The highest BCUT2D eigenvalue weighted by molar-refractivity contribution is 7.89. The molecule has 24 heavy (non-hydrogen) atoms. The molecule has 0 aliphatic carbocycles. The van der Waals surface area contributed by atoms with Crippen molar-refractivity contribution in [3.8, 4) is 0 Å². The maximum Gasteiger partial charge on any atom is 0.338 e. The van der Waals surface area contributed by atoms with Crippen molar-refractivity contribution < 1.29 is 17.9 Å². The van der Waals surface area contributed by atoms with Crippen LogP contribution in [0.3, 0.4) is 0 Å². The number of hydrogen-bond donors (Lipinski definition) is 1. The average Bonchev–Trinajstić information content (AvgIpc) is 2.57. The molecule has 0 aliphatic rings. The van der Waals surface area contributed by atoms with E-state index in [1.54, 1.807) is 6.92 Å². The van der Waals surface area contributed by atoms with Crippen LogP contribution in [-0.2, 0) is 21.3 Å². The van der Waals surface area contributed by atoms with Gasteiger partial charge in [-0.3, -0.25) is 4.79 Å². The summed E-state index contributed by atoms with van der Waals surface area (Å²) in [5.74, 6) is -0.510. The third-order valence-corrected chi connectivity index (χ3v) is 4.55. The fraction of sp³-hybridized carbons (Fsp3) is 0.267. The number of carbonyl (C=O) groups is 1. The molecule has 0 atom stereocenters. The number of rotatable bonds is 7. The molecule has 0 aliphatic heterocycles. The quantitative estimate of drug-likeness (QED) is 0.724. The van der Waals surface area contributed by atoms with Crippen LogP contribution in [-0.4, -0.2) is 37.3 Å². The Morgan fingerprint density at radius 3 is 2.58 bits per heavy atom. The molecule has 1 N–H and O–H groups in total. The van der Waals surface area contributed by atoms with E-state index in [0.29, 0.717) is 0 Å². The van der Waals surface area contributed by atoms with Gasteiger partial charge >= 0.3 is 5.97 Å². The van der Waals surface area contributed by atoms with Crippen molar-refractivity contribution in [2.45, 2.75) is 18.4 Å². The largest absolute Gasteiger partial charge is 0.462 e. The number of hydrogen-bond acceptors (Lipinski definition) is 6. The van der Waals surface area contributed by atoms with E-state index in [0.717, 1.165) is 4.68 Å². The van der Waals surface area contributed by atoms with Gasteiger partial charge in [-0.15, -0.1) is 0 Å². The van der Waals surface area contributed by atoms with Crippen LogP contribution < -0.4 is 10.3 Å². The summed E-state index contributed by atoms with van der Waals surface area (Å²) < 4.78 is 32.7. The van der Waals surface area contributed by atoms with Gasteiger partial charge < -0.3 is 4.74 Å². The van der Waals surface area contributed by atoms with Crippen molar-refractivity contribution in [1.29, 1.82) is 0 Å². The average molecular weight is 351 g/mol. The number of ether oxygens (including phenoxy) is 1. The van der Waals surface area contributed by atoms with Crippen LogP contribution in [0, 0.1) is 0 Å². The predicted molar refractivity (Wildman–Crippen MR) is 86.1 cm³/mol. The number of esters is 1. The van der Waals surface area contributed by atoms with Gasteiger partial charge in [0.1, 0.15) is 0 Å². The Morgan fingerprint density at radius 1 is 1.25 bits per heavy atom. The van der Waals surface area contributed by atoms with Gasteiger partial charge in [0.25, 0.3) is 5.56 Å². The van der Waals surface area contributed by atoms with Gasteiger partial charge in [0.05, 0.1) is 23.6 Å². The number of nitrogens with one attached hydrogen (secondary N) is 1. The molecule has 0 radical (unpaired) electrons. The minimum Gasteiger partial charge on any atom is -0.462 e. The molecule has 2 aromatic rings. The molecule has 8 nitrogen and oxygen atoms in total. The number of aromatic nitrogens is 2.